The highest BCUT2D eigenvalue weighted by Gasteiger charge is 2.20. The highest BCUT2D eigenvalue weighted by atomic mass is 32.2. The third-order valence-corrected chi connectivity index (χ3v) is 3.62. The molecule has 82 valence electrons. The molecule has 0 saturated carbocycles. The van der Waals surface area contributed by atoms with Crippen molar-refractivity contribution in [2.45, 2.75) is 26.3 Å². The fourth-order valence-electron chi connectivity index (χ4n) is 1.28. The van der Waals surface area contributed by atoms with E-state index in [-0.39, 0.29) is 11.9 Å². The maximum Gasteiger partial charge on any atom is 0.238 e. The molecule has 1 amide bonds. The number of thioether (sulfide) groups is 1. The Bertz CT molecular complexity index is 181. The Morgan fingerprint density at radius 3 is 3.07 bits per heavy atom. The Labute approximate surface area is 90.4 Å². The summed E-state index contributed by atoms with van der Waals surface area (Å²) in [6.07, 6.45) is 1.12. The zero-order valence-corrected chi connectivity index (χ0v) is 9.82. The van der Waals surface area contributed by atoms with Gasteiger partial charge < -0.3 is 10.6 Å². The second kappa shape index (κ2) is 6.30. The molecule has 0 bridgehead atoms. The van der Waals surface area contributed by atoms with Gasteiger partial charge in [-0.1, -0.05) is 20.3 Å². The summed E-state index contributed by atoms with van der Waals surface area (Å²) in [6.45, 7) is 6.05. The van der Waals surface area contributed by atoms with Crippen LogP contribution in [0.4, 0.5) is 0 Å². The Kier molecular flexibility index (Phi) is 5.33. The first-order valence-electron chi connectivity index (χ1n) is 5.33. The minimum absolute atomic E-state index is 0.0257. The van der Waals surface area contributed by atoms with E-state index in [0.29, 0.717) is 5.92 Å². The monoisotopic (exact) mass is 216 g/mol. The van der Waals surface area contributed by atoms with Crippen LogP contribution in [0.15, 0.2) is 0 Å². The van der Waals surface area contributed by atoms with E-state index in [1.807, 2.05) is 11.8 Å². The van der Waals surface area contributed by atoms with Crippen molar-refractivity contribution in [1.82, 2.24) is 10.6 Å². The van der Waals surface area contributed by atoms with Crippen LogP contribution in [0.2, 0.25) is 0 Å². The lowest BCUT2D eigenvalue weighted by Crippen LogP contribution is -2.49. The molecule has 14 heavy (non-hydrogen) atoms. The molecule has 0 spiro atoms. The Morgan fingerprint density at radius 1 is 1.71 bits per heavy atom. The molecular formula is C10H20N2OS. The van der Waals surface area contributed by atoms with Crippen LogP contribution in [0.25, 0.3) is 0 Å². The van der Waals surface area contributed by atoms with Crippen LogP contribution >= 0.6 is 11.8 Å². The summed E-state index contributed by atoms with van der Waals surface area (Å²) in [5.74, 6) is 2.77. The smallest absolute Gasteiger partial charge is 0.238 e. The molecular weight excluding hydrogens is 196 g/mol. The van der Waals surface area contributed by atoms with Gasteiger partial charge in [-0.15, -0.1) is 0 Å². The van der Waals surface area contributed by atoms with Crippen LogP contribution in [0.1, 0.15) is 20.3 Å². The van der Waals surface area contributed by atoms with Gasteiger partial charge in [0.2, 0.25) is 5.91 Å². The van der Waals surface area contributed by atoms with E-state index in [1.165, 1.54) is 0 Å². The lowest BCUT2D eigenvalue weighted by molar-refractivity contribution is -0.122. The van der Waals surface area contributed by atoms with Crippen molar-refractivity contribution in [2.24, 2.45) is 5.92 Å². The van der Waals surface area contributed by atoms with Gasteiger partial charge in [0, 0.05) is 24.6 Å². The lowest BCUT2D eigenvalue weighted by atomic mass is 10.1. The largest absolute Gasteiger partial charge is 0.354 e. The van der Waals surface area contributed by atoms with Gasteiger partial charge in [0.25, 0.3) is 0 Å². The quantitative estimate of drug-likeness (QED) is 0.732. The van der Waals surface area contributed by atoms with Crippen LogP contribution < -0.4 is 10.6 Å². The third kappa shape index (κ3) is 3.88. The van der Waals surface area contributed by atoms with Crippen LogP contribution in [0.3, 0.4) is 0 Å². The minimum Gasteiger partial charge on any atom is -0.354 e. The van der Waals surface area contributed by atoms with E-state index >= 15 is 0 Å². The number of carbonyl (C=O) groups excluding carboxylic acids is 1. The van der Waals surface area contributed by atoms with E-state index in [4.69, 9.17) is 0 Å². The topological polar surface area (TPSA) is 41.1 Å². The average Bonchev–Trinajstić information content (AvgIpc) is 2.26. The van der Waals surface area contributed by atoms with Gasteiger partial charge in [0.15, 0.2) is 0 Å². The maximum absolute atomic E-state index is 11.6. The zero-order valence-electron chi connectivity index (χ0n) is 9.01. The Hall–Kier alpha value is -0.220. The molecule has 1 fully saturated rings. The third-order valence-electron chi connectivity index (χ3n) is 2.56. The summed E-state index contributed by atoms with van der Waals surface area (Å²) >= 11 is 1.85. The van der Waals surface area contributed by atoms with E-state index in [9.17, 15) is 4.79 Å². The summed E-state index contributed by atoms with van der Waals surface area (Å²) in [5, 5.41) is 6.22. The van der Waals surface area contributed by atoms with Crippen LogP contribution in [-0.2, 0) is 4.79 Å². The van der Waals surface area contributed by atoms with Crippen molar-refractivity contribution in [3.8, 4) is 0 Å². The number of nitrogens with one attached hydrogen (secondary N) is 2. The second-order valence-electron chi connectivity index (χ2n) is 3.84. The molecule has 2 N–H and O–H groups in total. The molecule has 4 heteroatoms. The maximum atomic E-state index is 11.6. The molecule has 0 radical (unpaired) electrons. The van der Waals surface area contributed by atoms with E-state index < -0.39 is 0 Å². The SMILES string of the molecule is CCC(C)CNC(=O)C1CSCCN1. The van der Waals surface area contributed by atoms with Gasteiger partial charge in [0.05, 0.1) is 6.04 Å². The molecule has 0 aliphatic carbocycles. The van der Waals surface area contributed by atoms with Gasteiger partial charge in [-0.05, 0) is 5.92 Å². The molecule has 0 aromatic heterocycles. The van der Waals surface area contributed by atoms with Crippen molar-refractivity contribution >= 4 is 17.7 Å². The Morgan fingerprint density at radius 2 is 2.50 bits per heavy atom. The van der Waals surface area contributed by atoms with Gasteiger partial charge in [-0.2, -0.15) is 11.8 Å². The molecule has 1 aliphatic rings. The summed E-state index contributed by atoms with van der Waals surface area (Å²) in [7, 11) is 0. The molecule has 3 nitrogen and oxygen atoms in total. The van der Waals surface area contributed by atoms with Crippen LogP contribution in [0.5, 0.6) is 0 Å². The fraction of sp³-hybridized carbons (Fsp3) is 0.900. The average molecular weight is 216 g/mol. The minimum atomic E-state index is 0.0257. The van der Waals surface area contributed by atoms with Gasteiger partial charge in [-0.25, -0.2) is 0 Å². The van der Waals surface area contributed by atoms with Crippen molar-refractivity contribution in [1.29, 1.82) is 0 Å². The number of hydrogen-bond acceptors (Lipinski definition) is 3. The molecule has 2 atom stereocenters. The standard InChI is InChI=1S/C10H20N2OS/c1-3-8(2)6-12-10(13)9-7-14-5-4-11-9/h8-9,11H,3-7H2,1-2H3,(H,12,13). The van der Waals surface area contributed by atoms with Crippen molar-refractivity contribution in [2.75, 3.05) is 24.6 Å². The molecule has 0 aromatic rings. The molecule has 1 aliphatic heterocycles. The summed E-state index contributed by atoms with van der Waals surface area (Å²) < 4.78 is 0. The van der Waals surface area contributed by atoms with E-state index in [0.717, 1.165) is 31.0 Å². The van der Waals surface area contributed by atoms with E-state index in [2.05, 4.69) is 24.5 Å². The first-order valence-corrected chi connectivity index (χ1v) is 6.48. The van der Waals surface area contributed by atoms with Crippen molar-refractivity contribution in [3.63, 3.8) is 0 Å². The Balaban J connectivity index is 2.19. The number of amides is 1. The number of rotatable bonds is 4. The molecule has 1 heterocycles. The second-order valence-corrected chi connectivity index (χ2v) is 4.99. The highest BCUT2D eigenvalue weighted by Crippen LogP contribution is 2.07. The van der Waals surface area contributed by atoms with E-state index in [1.54, 1.807) is 0 Å². The first kappa shape index (κ1) is 11.9. The summed E-state index contributed by atoms with van der Waals surface area (Å²) in [4.78, 5) is 11.6. The molecule has 1 rings (SSSR count). The lowest BCUT2D eigenvalue weighted by Gasteiger charge is -2.22. The molecule has 1 saturated heterocycles. The summed E-state index contributed by atoms with van der Waals surface area (Å²) in [6, 6.07) is 0.0257. The number of hydrogen-bond donors (Lipinski definition) is 2. The van der Waals surface area contributed by atoms with Gasteiger partial charge >= 0.3 is 0 Å². The van der Waals surface area contributed by atoms with Gasteiger partial charge in [0.1, 0.15) is 0 Å². The van der Waals surface area contributed by atoms with Crippen molar-refractivity contribution in [3.05, 3.63) is 0 Å². The predicted octanol–water partition coefficient (Wildman–Crippen LogP) is 0.854. The van der Waals surface area contributed by atoms with Gasteiger partial charge in [-0.3, -0.25) is 4.79 Å². The molecule has 2 unspecified atom stereocenters. The van der Waals surface area contributed by atoms with Crippen molar-refractivity contribution < 1.29 is 4.79 Å². The first-order chi connectivity index (χ1) is 6.74. The normalized spacial score (nSPS) is 24.3. The van der Waals surface area contributed by atoms with Crippen LogP contribution in [0, 0.1) is 5.92 Å². The molecule has 0 aromatic carbocycles. The predicted molar refractivity (Wildman–Crippen MR) is 61.6 cm³/mol. The highest BCUT2D eigenvalue weighted by molar-refractivity contribution is 7.99. The zero-order chi connectivity index (χ0) is 10.4. The van der Waals surface area contributed by atoms with Crippen LogP contribution in [-0.4, -0.2) is 36.5 Å². The fourth-order valence-corrected chi connectivity index (χ4v) is 2.21. The number of carbonyl (C=O) groups is 1. The summed E-state index contributed by atoms with van der Waals surface area (Å²) in [5.41, 5.74) is 0.